The van der Waals surface area contributed by atoms with E-state index in [1.165, 1.54) is 0 Å². The second-order valence-electron chi connectivity index (χ2n) is 5.76. The van der Waals surface area contributed by atoms with E-state index >= 15 is 0 Å². The lowest BCUT2D eigenvalue weighted by atomic mass is 10.2. The van der Waals surface area contributed by atoms with E-state index in [2.05, 4.69) is 23.7 Å². The molecule has 1 aliphatic rings. The molecule has 1 aromatic carbocycles. The quantitative estimate of drug-likeness (QED) is 0.577. The smallest absolute Gasteiger partial charge is 0.191 e. The van der Waals surface area contributed by atoms with Crippen LogP contribution in [-0.2, 0) is 11.3 Å². The van der Waals surface area contributed by atoms with Crippen LogP contribution in [0.4, 0.5) is 0 Å². The normalized spacial score (nSPS) is 16.2. The molecule has 0 aromatic heterocycles. The molecule has 24 heavy (non-hydrogen) atoms. The highest BCUT2D eigenvalue weighted by molar-refractivity contribution is 5.78. The molecule has 1 aromatic rings. The summed E-state index contributed by atoms with van der Waals surface area (Å²) in [6, 6.07) is 8.04. The number of nitrogens with two attached hydrogens (primary N) is 1. The third-order valence-electron chi connectivity index (χ3n) is 4.24. The Bertz CT molecular complexity index is 511. The summed E-state index contributed by atoms with van der Waals surface area (Å²) in [6.45, 7) is 11.6. The van der Waals surface area contributed by atoms with Crippen molar-refractivity contribution in [3.05, 3.63) is 29.8 Å². The summed E-state index contributed by atoms with van der Waals surface area (Å²) in [5.74, 6) is 1.48. The fraction of sp³-hybridized carbons (Fsp3) is 0.611. The van der Waals surface area contributed by atoms with Gasteiger partial charge >= 0.3 is 0 Å². The zero-order chi connectivity index (χ0) is 17.2. The van der Waals surface area contributed by atoms with Crippen molar-refractivity contribution in [3.63, 3.8) is 0 Å². The van der Waals surface area contributed by atoms with Gasteiger partial charge in [0.05, 0.1) is 19.8 Å². The minimum Gasteiger partial charge on any atom is -0.492 e. The van der Waals surface area contributed by atoms with Crippen molar-refractivity contribution in [2.45, 2.75) is 20.4 Å². The van der Waals surface area contributed by atoms with Gasteiger partial charge in [-0.2, -0.15) is 0 Å². The molecule has 0 bridgehead atoms. The van der Waals surface area contributed by atoms with Gasteiger partial charge in [0.25, 0.3) is 0 Å². The number of ether oxygens (including phenoxy) is 2. The Morgan fingerprint density at radius 2 is 1.96 bits per heavy atom. The van der Waals surface area contributed by atoms with E-state index in [4.69, 9.17) is 15.2 Å². The molecule has 2 N–H and O–H groups in total. The van der Waals surface area contributed by atoms with Crippen LogP contribution < -0.4 is 10.5 Å². The second kappa shape index (κ2) is 10.2. The SMILES string of the molecule is CCN(CC)C(N)=NCc1ccccc1OCCN1CCOCC1. The van der Waals surface area contributed by atoms with Gasteiger partial charge in [-0.25, -0.2) is 4.99 Å². The van der Waals surface area contributed by atoms with Crippen molar-refractivity contribution >= 4 is 5.96 Å². The molecule has 0 radical (unpaired) electrons. The maximum absolute atomic E-state index is 6.05. The highest BCUT2D eigenvalue weighted by Crippen LogP contribution is 2.19. The van der Waals surface area contributed by atoms with E-state index in [1.54, 1.807) is 0 Å². The van der Waals surface area contributed by atoms with Crippen LogP contribution in [0.3, 0.4) is 0 Å². The fourth-order valence-corrected chi connectivity index (χ4v) is 2.70. The van der Waals surface area contributed by atoms with Gasteiger partial charge in [-0.05, 0) is 19.9 Å². The average molecular weight is 334 g/mol. The second-order valence-corrected chi connectivity index (χ2v) is 5.76. The highest BCUT2D eigenvalue weighted by Gasteiger charge is 2.10. The number of nitrogens with zero attached hydrogens (tertiary/aromatic N) is 3. The molecule has 1 heterocycles. The van der Waals surface area contributed by atoms with Crippen molar-refractivity contribution < 1.29 is 9.47 Å². The van der Waals surface area contributed by atoms with Crippen LogP contribution >= 0.6 is 0 Å². The topological polar surface area (TPSA) is 63.3 Å². The molecule has 0 amide bonds. The van der Waals surface area contributed by atoms with Crippen LogP contribution in [0.15, 0.2) is 29.3 Å². The first-order valence-electron chi connectivity index (χ1n) is 8.80. The first kappa shape index (κ1) is 18.5. The van der Waals surface area contributed by atoms with Crippen LogP contribution in [-0.4, -0.2) is 68.3 Å². The number of para-hydroxylation sites is 1. The molecule has 0 atom stereocenters. The molecule has 1 fully saturated rings. The minimum atomic E-state index is 0.538. The highest BCUT2D eigenvalue weighted by atomic mass is 16.5. The summed E-state index contributed by atoms with van der Waals surface area (Å²) in [6.07, 6.45) is 0. The Morgan fingerprint density at radius 3 is 2.67 bits per heavy atom. The van der Waals surface area contributed by atoms with Gasteiger partial charge in [-0.3, -0.25) is 4.90 Å². The summed E-state index contributed by atoms with van der Waals surface area (Å²) >= 11 is 0. The van der Waals surface area contributed by atoms with E-state index in [1.807, 2.05) is 29.2 Å². The molecular weight excluding hydrogens is 304 g/mol. The van der Waals surface area contributed by atoms with E-state index in [-0.39, 0.29) is 0 Å². The first-order valence-corrected chi connectivity index (χ1v) is 8.80. The molecule has 1 saturated heterocycles. The van der Waals surface area contributed by atoms with Crippen molar-refractivity contribution in [2.24, 2.45) is 10.7 Å². The Kier molecular flexibility index (Phi) is 7.85. The summed E-state index contributed by atoms with van der Waals surface area (Å²) in [5, 5.41) is 0. The third kappa shape index (κ3) is 5.69. The number of benzene rings is 1. The summed E-state index contributed by atoms with van der Waals surface area (Å²) in [4.78, 5) is 8.92. The number of hydrogen-bond donors (Lipinski definition) is 1. The Labute approximate surface area is 145 Å². The molecular formula is C18H30N4O2. The van der Waals surface area contributed by atoms with Crippen molar-refractivity contribution in [1.29, 1.82) is 0 Å². The van der Waals surface area contributed by atoms with Gasteiger partial charge in [0, 0.05) is 38.3 Å². The van der Waals surface area contributed by atoms with Crippen molar-refractivity contribution in [2.75, 3.05) is 52.5 Å². The molecule has 1 aliphatic heterocycles. The van der Waals surface area contributed by atoms with E-state index in [0.29, 0.717) is 19.1 Å². The Hall–Kier alpha value is -1.79. The predicted molar refractivity (Wildman–Crippen MR) is 97.4 cm³/mol. The van der Waals surface area contributed by atoms with Crippen LogP contribution in [0.25, 0.3) is 0 Å². The monoisotopic (exact) mass is 334 g/mol. The summed E-state index contributed by atoms with van der Waals surface area (Å²) in [7, 11) is 0. The van der Waals surface area contributed by atoms with E-state index < -0.39 is 0 Å². The van der Waals surface area contributed by atoms with Crippen LogP contribution in [0.5, 0.6) is 5.75 Å². The molecule has 0 spiro atoms. The van der Waals surface area contributed by atoms with Crippen molar-refractivity contribution in [3.8, 4) is 5.75 Å². The Balaban J connectivity index is 1.88. The van der Waals surface area contributed by atoms with Gasteiger partial charge in [-0.15, -0.1) is 0 Å². The lowest BCUT2D eigenvalue weighted by Crippen LogP contribution is -2.38. The largest absolute Gasteiger partial charge is 0.492 e. The minimum absolute atomic E-state index is 0.538. The maximum atomic E-state index is 6.05. The predicted octanol–water partition coefficient (Wildman–Crippen LogP) is 1.55. The lowest BCUT2D eigenvalue weighted by molar-refractivity contribution is 0.0322. The van der Waals surface area contributed by atoms with Crippen LogP contribution in [0.2, 0.25) is 0 Å². The number of aliphatic imine (C=N–C) groups is 1. The number of hydrogen-bond acceptors (Lipinski definition) is 4. The van der Waals surface area contributed by atoms with Gasteiger partial charge in [0.1, 0.15) is 12.4 Å². The Morgan fingerprint density at radius 1 is 1.25 bits per heavy atom. The molecule has 6 heteroatoms. The van der Waals surface area contributed by atoms with Crippen LogP contribution in [0.1, 0.15) is 19.4 Å². The summed E-state index contributed by atoms with van der Waals surface area (Å²) < 4.78 is 11.3. The average Bonchev–Trinajstić information content (AvgIpc) is 2.63. The first-order chi connectivity index (χ1) is 11.7. The molecule has 0 unspecified atom stereocenters. The van der Waals surface area contributed by atoms with Crippen molar-refractivity contribution in [1.82, 2.24) is 9.80 Å². The van der Waals surface area contributed by atoms with Gasteiger partial charge in [0.2, 0.25) is 0 Å². The standard InChI is InChI=1S/C18H30N4O2/c1-3-22(4-2)18(19)20-15-16-7-5-6-8-17(16)24-14-11-21-9-12-23-13-10-21/h5-8H,3-4,9-15H2,1-2H3,(H2,19,20). The molecule has 0 aliphatic carbocycles. The number of rotatable bonds is 8. The lowest BCUT2D eigenvalue weighted by Gasteiger charge is -2.26. The zero-order valence-corrected chi connectivity index (χ0v) is 14.9. The molecule has 134 valence electrons. The summed E-state index contributed by atoms with van der Waals surface area (Å²) in [5.41, 5.74) is 7.12. The fourth-order valence-electron chi connectivity index (χ4n) is 2.70. The molecule has 6 nitrogen and oxygen atoms in total. The van der Waals surface area contributed by atoms with Gasteiger partial charge in [0.15, 0.2) is 5.96 Å². The van der Waals surface area contributed by atoms with E-state index in [0.717, 1.165) is 57.3 Å². The van der Waals surface area contributed by atoms with Gasteiger partial charge < -0.3 is 20.1 Å². The van der Waals surface area contributed by atoms with E-state index in [9.17, 15) is 0 Å². The third-order valence-corrected chi connectivity index (χ3v) is 4.24. The number of morpholine rings is 1. The molecule has 2 rings (SSSR count). The van der Waals surface area contributed by atoms with Gasteiger partial charge in [-0.1, -0.05) is 18.2 Å². The van der Waals surface area contributed by atoms with Crippen LogP contribution in [0, 0.1) is 0 Å². The molecule has 0 saturated carbocycles. The number of guanidine groups is 1. The zero-order valence-electron chi connectivity index (χ0n) is 14.9. The maximum Gasteiger partial charge on any atom is 0.191 e.